The van der Waals surface area contributed by atoms with E-state index in [9.17, 15) is 9.90 Å². The minimum absolute atomic E-state index is 0.136. The van der Waals surface area contributed by atoms with Crippen LogP contribution in [0.2, 0.25) is 5.02 Å². The number of phenolic OH excluding ortho intramolecular Hbond substituents is 1. The Morgan fingerprint density at radius 2 is 1.93 bits per heavy atom. The van der Waals surface area contributed by atoms with Crippen LogP contribution in [0.25, 0.3) is 6.08 Å². The number of nitrogens with zero attached hydrogens (tertiary/aromatic N) is 1. The predicted molar refractivity (Wildman–Crippen MR) is 111 cm³/mol. The van der Waals surface area contributed by atoms with Gasteiger partial charge in [0.1, 0.15) is 10.1 Å². The van der Waals surface area contributed by atoms with Gasteiger partial charge in [0.15, 0.2) is 11.5 Å². The number of amides is 1. The maximum Gasteiger partial charge on any atom is 0.266 e. The fourth-order valence-electron chi connectivity index (χ4n) is 2.53. The zero-order chi connectivity index (χ0) is 19.6. The van der Waals surface area contributed by atoms with Crippen molar-refractivity contribution in [3.8, 4) is 17.2 Å². The molecule has 27 heavy (non-hydrogen) atoms. The number of carbonyl (C=O) groups is 1. The Bertz CT molecular complexity index is 928. The van der Waals surface area contributed by atoms with Crippen LogP contribution in [0.1, 0.15) is 11.1 Å². The number of rotatable bonds is 5. The SMILES string of the molecule is COc1ccc(CN2C(=O)/C(=C\c3cc(Cl)c(O)c(OC)c3)SC2=S)cc1. The third kappa shape index (κ3) is 4.21. The van der Waals surface area contributed by atoms with Crippen molar-refractivity contribution < 1.29 is 19.4 Å². The molecular formula is C19H16ClNO4S2. The molecule has 0 spiro atoms. The summed E-state index contributed by atoms with van der Waals surface area (Å²) in [6, 6.07) is 10.6. The maximum absolute atomic E-state index is 12.8. The zero-order valence-corrected chi connectivity index (χ0v) is 17.0. The summed E-state index contributed by atoms with van der Waals surface area (Å²) >= 11 is 12.6. The van der Waals surface area contributed by atoms with Crippen molar-refractivity contribution in [2.24, 2.45) is 0 Å². The number of carbonyl (C=O) groups excluding carboxylic acids is 1. The molecule has 1 amide bonds. The highest BCUT2D eigenvalue weighted by atomic mass is 35.5. The largest absolute Gasteiger partial charge is 0.503 e. The van der Waals surface area contributed by atoms with E-state index in [-0.39, 0.29) is 22.4 Å². The summed E-state index contributed by atoms with van der Waals surface area (Å²) in [5, 5.41) is 9.98. The quantitative estimate of drug-likeness (QED) is 0.568. The monoisotopic (exact) mass is 421 g/mol. The number of hydrogen-bond acceptors (Lipinski definition) is 6. The second kappa shape index (κ2) is 8.21. The van der Waals surface area contributed by atoms with E-state index in [4.69, 9.17) is 33.3 Å². The van der Waals surface area contributed by atoms with Crippen molar-refractivity contribution in [1.82, 2.24) is 4.90 Å². The van der Waals surface area contributed by atoms with Crippen LogP contribution in [-0.4, -0.2) is 34.5 Å². The number of ether oxygens (including phenoxy) is 2. The molecule has 0 bridgehead atoms. The number of phenols is 1. The average molecular weight is 422 g/mol. The van der Waals surface area contributed by atoms with Gasteiger partial charge in [-0.2, -0.15) is 0 Å². The van der Waals surface area contributed by atoms with E-state index in [1.165, 1.54) is 18.9 Å². The highest BCUT2D eigenvalue weighted by molar-refractivity contribution is 8.26. The van der Waals surface area contributed by atoms with Gasteiger partial charge < -0.3 is 14.6 Å². The van der Waals surface area contributed by atoms with Gasteiger partial charge in [-0.25, -0.2) is 0 Å². The van der Waals surface area contributed by atoms with Gasteiger partial charge in [-0.05, 0) is 41.5 Å². The van der Waals surface area contributed by atoms with Crippen molar-refractivity contribution in [3.63, 3.8) is 0 Å². The molecule has 0 aromatic heterocycles. The molecule has 0 radical (unpaired) electrons. The summed E-state index contributed by atoms with van der Waals surface area (Å²) in [4.78, 5) is 14.8. The molecule has 2 aromatic rings. The number of benzene rings is 2. The molecule has 1 saturated heterocycles. The second-order valence-corrected chi connectivity index (χ2v) is 7.75. The Labute approximate surface area is 171 Å². The normalized spacial score (nSPS) is 15.5. The summed E-state index contributed by atoms with van der Waals surface area (Å²) < 4.78 is 10.7. The first-order valence-corrected chi connectivity index (χ1v) is 9.48. The first-order valence-electron chi connectivity index (χ1n) is 7.87. The number of halogens is 1. The van der Waals surface area contributed by atoms with E-state index in [1.54, 1.807) is 30.2 Å². The van der Waals surface area contributed by atoms with Crippen molar-refractivity contribution >= 4 is 51.9 Å². The van der Waals surface area contributed by atoms with Crippen LogP contribution >= 0.6 is 35.6 Å². The van der Waals surface area contributed by atoms with Crippen molar-refractivity contribution in [2.75, 3.05) is 14.2 Å². The molecule has 1 aliphatic heterocycles. The number of thioether (sulfide) groups is 1. The van der Waals surface area contributed by atoms with E-state index >= 15 is 0 Å². The van der Waals surface area contributed by atoms with Gasteiger partial charge in [0.25, 0.3) is 5.91 Å². The fraction of sp³-hybridized carbons (Fsp3) is 0.158. The number of thiocarbonyl (C=S) groups is 1. The first kappa shape index (κ1) is 19.5. The van der Waals surface area contributed by atoms with Gasteiger partial charge in [0.05, 0.1) is 30.7 Å². The van der Waals surface area contributed by atoms with Crippen molar-refractivity contribution in [1.29, 1.82) is 0 Å². The summed E-state index contributed by atoms with van der Waals surface area (Å²) in [6.45, 7) is 0.381. The summed E-state index contributed by atoms with van der Waals surface area (Å²) in [5.74, 6) is 0.678. The third-order valence-corrected chi connectivity index (χ3v) is 5.61. The van der Waals surface area contributed by atoms with E-state index in [1.807, 2.05) is 24.3 Å². The van der Waals surface area contributed by atoms with Gasteiger partial charge in [-0.1, -0.05) is 47.7 Å². The lowest BCUT2D eigenvalue weighted by Crippen LogP contribution is -2.27. The Morgan fingerprint density at radius 1 is 1.22 bits per heavy atom. The van der Waals surface area contributed by atoms with Crippen LogP contribution in [0.3, 0.4) is 0 Å². The molecule has 1 fully saturated rings. The topological polar surface area (TPSA) is 59.0 Å². The Hall–Kier alpha value is -2.22. The van der Waals surface area contributed by atoms with Gasteiger partial charge in [-0.3, -0.25) is 9.69 Å². The third-order valence-electron chi connectivity index (χ3n) is 3.94. The Kier molecular flexibility index (Phi) is 5.94. The molecule has 0 aliphatic carbocycles. The molecule has 5 nitrogen and oxygen atoms in total. The van der Waals surface area contributed by atoms with Gasteiger partial charge in [0.2, 0.25) is 0 Å². The van der Waals surface area contributed by atoms with Crippen molar-refractivity contribution in [2.45, 2.75) is 6.54 Å². The lowest BCUT2D eigenvalue weighted by molar-refractivity contribution is -0.122. The number of aromatic hydroxyl groups is 1. The summed E-state index contributed by atoms with van der Waals surface area (Å²) in [6.07, 6.45) is 1.68. The molecule has 0 atom stereocenters. The number of methoxy groups -OCH3 is 2. The second-order valence-electron chi connectivity index (χ2n) is 5.67. The van der Waals surface area contributed by atoms with Crippen LogP contribution in [0.5, 0.6) is 17.2 Å². The lowest BCUT2D eigenvalue weighted by Gasteiger charge is -2.14. The van der Waals surface area contributed by atoms with E-state index < -0.39 is 0 Å². The Balaban J connectivity index is 1.83. The van der Waals surface area contributed by atoms with Crippen LogP contribution in [0.15, 0.2) is 41.3 Å². The van der Waals surface area contributed by atoms with E-state index in [0.717, 1.165) is 11.3 Å². The molecule has 0 unspecified atom stereocenters. The molecule has 3 rings (SSSR count). The molecule has 140 valence electrons. The molecule has 0 saturated carbocycles. The molecule has 8 heteroatoms. The molecule has 1 aliphatic rings. The standard InChI is InChI=1S/C19H16ClNO4S2/c1-24-13-5-3-11(4-6-13)10-21-18(23)16(27-19(21)26)9-12-7-14(20)17(22)15(8-12)25-2/h3-9,22H,10H2,1-2H3/b16-9+. The minimum atomic E-state index is -0.177. The van der Waals surface area contributed by atoms with E-state index in [0.29, 0.717) is 21.3 Å². The summed E-state index contributed by atoms with van der Waals surface area (Å²) in [7, 11) is 3.04. The predicted octanol–water partition coefficient (Wildman–Crippen LogP) is 4.46. The number of hydrogen-bond donors (Lipinski definition) is 1. The Morgan fingerprint density at radius 3 is 2.56 bits per heavy atom. The fourth-order valence-corrected chi connectivity index (χ4v) is 4.01. The molecule has 1 N–H and O–H groups in total. The van der Waals surface area contributed by atoms with Gasteiger partial charge in [-0.15, -0.1) is 0 Å². The minimum Gasteiger partial charge on any atom is -0.503 e. The van der Waals surface area contributed by atoms with Gasteiger partial charge >= 0.3 is 0 Å². The zero-order valence-electron chi connectivity index (χ0n) is 14.6. The highest BCUT2D eigenvalue weighted by Crippen LogP contribution is 2.38. The summed E-state index contributed by atoms with van der Waals surface area (Å²) in [5.41, 5.74) is 1.59. The van der Waals surface area contributed by atoms with Crippen LogP contribution in [0, 0.1) is 0 Å². The van der Waals surface area contributed by atoms with E-state index in [2.05, 4.69) is 0 Å². The molecular weight excluding hydrogens is 406 g/mol. The molecule has 1 heterocycles. The van der Waals surface area contributed by atoms with Crippen molar-refractivity contribution in [3.05, 3.63) is 57.5 Å². The van der Waals surface area contributed by atoms with Crippen LogP contribution in [-0.2, 0) is 11.3 Å². The maximum atomic E-state index is 12.8. The highest BCUT2D eigenvalue weighted by Gasteiger charge is 2.32. The molecule has 2 aromatic carbocycles. The first-order chi connectivity index (χ1) is 12.9. The lowest BCUT2D eigenvalue weighted by atomic mass is 10.1. The average Bonchev–Trinajstić information content (AvgIpc) is 2.92. The van der Waals surface area contributed by atoms with Crippen LogP contribution in [0.4, 0.5) is 0 Å². The smallest absolute Gasteiger partial charge is 0.266 e. The van der Waals surface area contributed by atoms with Gasteiger partial charge in [0, 0.05) is 0 Å². The van der Waals surface area contributed by atoms with Crippen LogP contribution < -0.4 is 9.47 Å².